The largest absolute Gasteiger partial charge is 0.493 e. The van der Waals surface area contributed by atoms with E-state index in [9.17, 15) is 0 Å². The normalized spacial score (nSPS) is 10.8. The molecule has 1 N–H and O–H groups in total. The van der Waals surface area contributed by atoms with Gasteiger partial charge in [-0.15, -0.1) is 0 Å². The number of H-pyrrole nitrogens is 1. The predicted octanol–water partition coefficient (Wildman–Crippen LogP) is 3.14. The number of ether oxygens (including phenoxy) is 2. The molecule has 116 valence electrons. The van der Waals surface area contributed by atoms with Gasteiger partial charge >= 0.3 is 0 Å². The number of aliphatic imine (C=N–C) groups is 1. The van der Waals surface area contributed by atoms with E-state index in [0.717, 1.165) is 11.1 Å². The smallest absolute Gasteiger partial charge is 0.245 e. The fraction of sp³-hybridized carbons (Fsp3) is 0.118. The average molecular weight is 308 g/mol. The number of nitrogens with zero attached hydrogens (tertiary/aromatic N) is 3. The molecule has 0 atom stereocenters. The van der Waals surface area contributed by atoms with Crippen molar-refractivity contribution in [2.45, 2.75) is 6.61 Å². The van der Waals surface area contributed by atoms with E-state index < -0.39 is 0 Å². The Balaban J connectivity index is 1.72. The highest BCUT2D eigenvalue weighted by molar-refractivity contribution is 5.82. The van der Waals surface area contributed by atoms with Gasteiger partial charge in [-0.3, -0.25) is 0 Å². The molecular formula is C17H16N4O2. The lowest BCUT2D eigenvalue weighted by molar-refractivity contribution is 0.284. The third kappa shape index (κ3) is 3.94. The fourth-order valence-electron chi connectivity index (χ4n) is 2.02. The molecule has 0 unspecified atom stereocenters. The second-order valence-corrected chi connectivity index (χ2v) is 4.75. The molecule has 0 radical (unpaired) electrons. The molecule has 6 heteroatoms. The topological polar surface area (TPSA) is 72.4 Å². The van der Waals surface area contributed by atoms with Crippen LogP contribution in [0.15, 0.2) is 59.9 Å². The van der Waals surface area contributed by atoms with Crippen molar-refractivity contribution in [1.29, 1.82) is 0 Å². The van der Waals surface area contributed by atoms with Crippen LogP contribution in [0.4, 0.5) is 5.95 Å². The van der Waals surface area contributed by atoms with Crippen molar-refractivity contribution in [2.75, 3.05) is 7.11 Å². The van der Waals surface area contributed by atoms with Crippen molar-refractivity contribution in [2.24, 2.45) is 4.99 Å². The second kappa shape index (κ2) is 7.22. The van der Waals surface area contributed by atoms with E-state index in [2.05, 4.69) is 20.2 Å². The number of methoxy groups -OCH3 is 1. The van der Waals surface area contributed by atoms with E-state index in [-0.39, 0.29) is 0 Å². The van der Waals surface area contributed by atoms with Crippen LogP contribution in [-0.2, 0) is 6.61 Å². The molecule has 23 heavy (non-hydrogen) atoms. The third-order valence-corrected chi connectivity index (χ3v) is 3.16. The van der Waals surface area contributed by atoms with Crippen LogP contribution in [-0.4, -0.2) is 28.5 Å². The minimum atomic E-state index is 0.452. The maximum absolute atomic E-state index is 5.82. The molecule has 0 amide bonds. The van der Waals surface area contributed by atoms with Crippen molar-refractivity contribution in [1.82, 2.24) is 15.2 Å². The maximum Gasteiger partial charge on any atom is 0.245 e. The van der Waals surface area contributed by atoms with Crippen LogP contribution in [0.5, 0.6) is 11.5 Å². The van der Waals surface area contributed by atoms with Gasteiger partial charge in [-0.1, -0.05) is 30.3 Å². The zero-order valence-electron chi connectivity index (χ0n) is 12.6. The lowest BCUT2D eigenvalue weighted by Crippen LogP contribution is -1.98. The molecule has 0 saturated heterocycles. The number of aromatic amines is 1. The SMILES string of the molecule is COc1cc(/C=N/c2ncn[nH]2)ccc1OCc1ccccc1. The van der Waals surface area contributed by atoms with Gasteiger partial charge in [0.15, 0.2) is 11.5 Å². The van der Waals surface area contributed by atoms with Crippen molar-refractivity contribution in [3.63, 3.8) is 0 Å². The Bertz CT molecular complexity index is 771. The van der Waals surface area contributed by atoms with Crippen LogP contribution >= 0.6 is 0 Å². The fourth-order valence-corrected chi connectivity index (χ4v) is 2.02. The predicted molar refractivity (Wildman–Crippen MR) is 87.4 cm³/mol. The van der Waals surface area contributed by atoms with Crippen LogP contribution in [0.1, 0.15) is 11.1 Å². The van der Waals surface area contributed by atoms with Crippen molar-refractivity contribution in [3.05, 3.63) is 66.0 Å². The highest BCUT2D eigenvalue weighted by Crippen LogP contribution is 2.28. The monoisotopic (exact) mass is 308 g/mol. The molecule has 0 spiro atoms. The average Bonchev–Trinajstić information content (AvgIpc) is 3.13. The highest BCUT2D eigenvalue weighted by Gasteiger charge is 2.05. The molecule has 0 saturated carbocycles. The first-order valence-electron chi connectivity index (χ1n) is 7.09. The first-order chi connectivity index (χ1) is 11.3. The first kappa shape index (κ1) is 14.8. The van der Waals surface area contributed by atoms with Crippen LogP contribution in [0.25, 0.3) is 0 Å². The molecule has 0 aliphatic rings. The van der Waals surface area contributed by atoms with Gasteiger partial charge < -0.3 is 9.47 Å². The van der Waals surface area contributed by atoms with Gasteiger partial charge in [-0.25, -0.2) is 10.1 Å². The van der Waals surface area contributed by atoms with Gasteiger partial charge in [0.2, 0.25) is 5.95 Å². The summed E-state index contributed by atoms with van der Waals surface area (Å²) >= 11 is 0. The van der Waals surface area contributed by atoms with E-state index in [1.807, 2.05) is 48.5 Å². The van der Waals surface area contributed by atoms with Gasteiger partial charge in [-0.2, -0.15) is 10.1 Å². The van der Waals surface area contributed by atoms with E-state index in [0.29, 0.717) is 24.1 Å². The van der Waals surface area contributed by atoms with Crippen LogP contribution in [0.3, 0.4) is 0 Å². The lowest BCUT2D eigenvalue weighted by atomic mass is 10.2. The minimum absolute atomic E-state index is 0.452. The van der Waals surface area contributed by atoms with Crippen molar-refractivity contribution in [3.8, 4) is 11.5 Å². The quantitative estimate of drug-likeness (QED) is 0.710. The number of rotatable bonds is 6. The Labute approximate surface area is 133 Å². The zero-order valence-corrected chi connectivity index (χ0v) is 12.6. The minimum Gasteiger partial charge on any atom is -0.493 e. The van der Waals surface area contributed by atoms with E-state index in [4.69, 9.17) is 9.47 Å². The Kier molecular flexibility index (Phi) is 4.63. The van der Waals surface area contributed by atoms with Gasteiger partial charge in [0, 0.05) is 6.21 Å². The van der Waals surface area contributed by atoms with Gasteiger partial charge in [-0.05, 0) is 29.3 Å². The Morgan fingerprint density at radius 3 is 2.74 bits per heavy atom. The van der Waals surface area contributed by atoms with E-state index in [1.54, 1.807) is 13.3 Å². The van der Waals surface area contributed by atoms with Crippen molar-refractivity contribution >= 4 is 12.2 Å². The lowest BCUT2D eigenvalue weighted by Gasteiger charge is -2.11. The number of hydrogen-bond donors (Lipinski definition) is 1. The molecule has 0 aliphatic heterocycles. The highest BCUT2D eigenvalue weighted by atomic mass is 16.5. The maximum atomic E-state index is 5.82. The standard InChI is InChI=1S/C17H16N4O2/c1-22-16-9-14(10-18-17-19-12-20-21-17)7-8-15(16)23-11-13-5-3-2-4-6-13/h2-10,12H,11H2,1H3,(H,19,20,21)/b18-10+. The summed E-state index contributed by atoms with van der Waals surface area (Å²) in [5, 5.41) is 6.41. The molecule has 0 aliphatic carbocycles. The molecular weight excluding hydrogens is 292 g/mol. The molecule has 2 aromatic carbocycles. The van der Waals surface area contributed by atoms with Gasteiger partial charge in [0.1, 0.15) is 12.9 Å². The van der Waals surface area contributed by atoms with E-state index >= 15 is 0 Å². The Hall–Kier alpha value is -3.15. The summed E-state index contributed by atoms with van der Waals surface area (Å²) in [5.41, 5.74) is 1.98. The molecule has 0 fully saturated rings. The summed E-state index contributed by atoms with van der Waals surface area (Å²) < 4.78 is 11.2. The summed E-state index contributed by atoms with van der Waals surface area (Å²) in [6.45, 7) is 0.489. The number of nitrogens with one attached hydrogen (secondary N) is 1. The summed E-state index contributed by atoms with van der Waals surface area (Å²) in [4.78, 5) is 8.12. The van der Waals surface area contributed by atoms with Gasteiger partial charge in [0.05, 0.1) is 7.11 Å². The summed E-state index contributed by atoms with van der Waals surface area (Å²) in [5.74, 6) is 1.80. The zero-order chi connectivity index (χ0) is 15.9. The number of benzene rings is 2. The molecule has 0 bridgehead atoms. The van der Waals surface area contributed by atoms with Crippen LogP contribution < -0.4 is 9.47 Å². The van der Waals surface area contributed by atoms with Crippen molar-refractivity contribution < 1.29 is 9.47 Å². The summed E-state index contributed by atoms with van der Waals surface area (Å²) in [6, 6.07) is 15.6. The van der Waals surface area contributed by atoms with Crippen LogP contribution in [0.2, 0.25) is 0 Å². The summed E-state index contributed by atoms with van der Waals surface area (Å²) in [7, 11) is 1.61. The van der Waals surface area contributed by atoms with Gasteiger partial charge in [0.25, 0.3) is 0 Å². The molecule has 3 rings (SSSR count). The van der Waals surface area contributed by atoms with Crippen LogP contribution in [0, 0.1) is 0 Å². The molecule has 3 aromatic rings. The first-order valence-corrected chi connectivity index (χ1v) is 7.09. The second-order valence-electron chi connectivity index (χ2n) is 4.75. The van der Waals surface area contributed by atoms with E-state index in [1.165, 1.54) is 6.33 Å². The molecule has 1 heterocycles. The molecule has 1 aromatic heterocycles. The number of aromatic nitrogens is 3. The summed E-state index contributed by atoms with van der Waals surface area (Å²) in [6.07, 6.45) is 3.10. The number of hydrogen-bond acceptors (Lipinski definition) is 5. The Morgan fingerprint density at radius 2 is 2.00 bits per heavy atom. The molecule has 6 nitrogen and oxygen atoms in total. The Morgan fingerprint density at radius 1 is 1.13 bits per heavy atom. The third-order valence-electron chi connectivity index (χ3n) is 3.16.